The molecule has 0 aliphatic rings. The van der Waals surface area contributed by atoms with Crippen molar-refractivity contribution in [2.24, 2.45) is 0 Å². The number of nitrogens with zero attached hydrogens (tertiary/aromatic N) is 2. The van der Waals surface area contributed by atoms with E-state index in [0.717, 1.165) is 12.1 Å². The number of aromatic nitrogens is 2. The van der Waals surface area contributed by atoms with Crippen molar-refractivity contribution in [2.45, 2.75) is 13.0 Å². The minimum Gasteiger partial charge on any atom is -0.454 e. The molecule has 1 aromatic carbocycles. The molecule has 1 atom stereocenters. The third-order valence-corrected chi connectivity index (χ3v) is 2.50. The summed E-state index contributed by atoms with van der Waals surface area (Å²) >= 11 is 0. The Morgan fingerprint density at radius 3 is 2.68 bits per heavy atom. The van der Waals surface area contributed by atoms with E-state index in [4.69, 9.17) is 4.74 Å². The molecule has 0 fully saturated rings. The summed E-state index contributed by atoms with van der Waals surface area (Å²) in [6.07, 6.45) is 1.76. The lowest BCUT2D eigenvalue weighted by molar-refractivity contribution is 0.0330. The first-order valence-electron chi connectivity index (χ1n) is 5.50. The fourth-order valence-electron chi connectivity index (χ4n) is 1.53. The molecule has 1 aromatic heterocycles. The Bertz CT molecular complexity index is 590. The van der Waals surface area contributed by atoms with Crippen LogP contribution < -0.4 is 0 Å². The fourth-order valence-corrected chi connectivity index (χ4v) is 1.53. The van der Waals surface area contributed by atoms with Crippen molar-refractivity contribution in [3.8, 4) is 0 Å². The van der Waals surface area contributed by atoms with Crippen LogP contribution in [-0.2, 0) is 4.74 Å². The largest absolute Gasteiger partial charge is 0.454 e. The van der Waals surface area contributed by atoms with E-state index in [9.17, 15) is 13.6 Å². The molecule has 0 saturated heterocycles. The van der Waals surface area contributed by atoms with Gasteiger partial charge in [0.1, 0.15) is 17.7 Å². The summed E-state index contributed by atoms with van der Waals surface area (Å²) in [5, 5.41) is 7.07. The molecule has 0 aliphatic carbocycles. The zero-order chi connectivity index (χ0) is 13.8. The van der Waals surface area contributed by atoms with Crippen molar-refractivity contribution in [3.63, 3.8) is 0 Å². The Labute approximate surface area is 108 Å². The van der Waals surface area contributed by atoms with E-state index >= 15 is 0 Å². The fraction of sp³-hybridized carbons (Fsp3) is 0.154. The summed E-state index contributed by atoms with van der Waals surface area (Å²) in [5.74, 6) is -2.09. The van der Waals surface area contributed by atoms with E-state index in [2.05, 4.69) is 10.2 Å². The summed E-state index contributed by atoms with van der Waals surface area (Å²) < 4.78 is 31.3. The minimum absolute atomic E-state index is 0.108. The lowest BCUT2D eigenvalue weighted by Crippen LogP contribution is -2.11. The summed E-state index contributed by atoms with van der Waals surface area (Å²) in [4.78, 5) is 11.7. The van der Waals surface area contributed by atoms with Gasteiger partial charge < -0.3 is 4.74 Å². The van der Waals surface area contributed by atoms with Gasteiger partial charge in [-0.1, -0.05) is 0 Å². The van der Waals surface area contributed by atoms with Crippen molar-refractivity contribution in [1.82, 2.24) is 10.2 Å². The van der Waals surface area contributed by atoms with Gasteiger partial charge in [0.2, 0.25) is 0 Å². The van der Waals surface area contributed by atoms with Crippen molar-refractivity contribution < 1.29 is 18.3 Å². The Balaban J connectivity index is 2.13. The van der Waals surface area contributed by atoms with Crippen LogP contribution in [0.1, 0.15) is 28.9 Å². The zero-order valence-electron chi connectivity index (χ0n) is 10.0. The topological polar surface area (TPSA) is 52.1 Å². The summed E-state index contributed by atoms with van der Waals surface area (Å²) in [7, 11) is 0. The van der Waals surface area contributed by atoms with Gasteiger partial charge in [0.15, 0.2) is 0 Å². The third kappa shape index (κ3) is 3.09. The van der Waals surface area contributed by atoms with Gasteiger partial charge in [-0.15, -0.1) is 0 Å². The molecule has 19 heavy (non-hydrogen) atoms. The Morgan fingerprint density at radius 1 is 1.26 bits per heavy atom. The normalized spacial score (nSPS) is 11.9. The molecule has 98 valence electrons. The van der Waals surface area contributed by atoms with E-state index < -0.39 is 23.7 Å². The molecule has 1 heterocycles. The molecular formula is C13H10F2N2O2. The van der Waals surface area contributed by atoms with E-state index in [0.29, 0.717) is 0 Å². The number of hydrogen-bond acceptors (Lipinski definition) is 4. The van der Waals surface area contributed by atoms with Crippen molar-refractivity contribution in [2.75, 3.05) is 0 Å². The average molecular weight is 264 g/mol. The van der Waals surface area contributed by atoms with Gasteiger partial charge in [-0.2, -0.15) is 10.2 Å². The maximum atomic E-state index is 13.5. The molecule has 0 spiro atoms. The van der Waals surface area contributed by atoms with Gasteiger partial charge in [-0.25, -0.2) is 13.6 Å². The molecule has 0 radical (unpaired) electrons. The number of carbonyl (C=O) groups excluding carboxylic acids is 1. The van der Waals surface area contributed by atoms with Crippen molar-refractivity contribution in [1.29, 1.82) is 0 Å². The monoisotopic (exact) mass is 264 g/mol. The maximum Gasteiger partial charge on any atom is 0.340 e. The van der Waals surface area contributed by atoms with Crippen molar-refractivity contribution >= 4 is 5.97 Å². The van der Waals surface area contributed by atoms with E-state index in [1.54, 1.807) is 0 Å². The van der Waals surface area contributed by atoms with Crippen LogP contribution >= 0.6 is 0 Å². The maximum absolute atomic E-state index is 13.5. The first kappa shape index (κ1) is 13.1. The molecule has 0 amide bonds. The van der Waals surface area contributed by atoms with Crippen LogP contribution in [-0.4, -0.2) is 16.2 Å². The van der Waals surface area contributed by atoms with E-state index in [1.165, 1.54) is 31.5 Å². The highest BCUT2D eigenvalue weighted by Gasteiger charge is 2.17. The van der Waals surface area contributed by atoms with Crippen molar-refractivity contribution in [3.05, 3.63) is 59.4 Å². The van der Waals surface area contributed by atoms with Crippen LogP contribution in [0.25, 0.3) is 0 Å². The standard InChI is InChI=1S/C13H10F2N2O2/c1-8(11-3-2-10(14)6-12(11)15)19-13(18)9-4-5-16-17-7-9/h2-8H,1H3/t8-/m0/s1. The molecule has 6 heteroatoms. The van der Waals surface area contributed by atoms with E-state index in [1.807, 2.05) is 0 Å². The second-order valence-corrected chi connectivity index (χ2v) is 3.84. The summed E-state index contributed by atoms with van der Waals surface area (Å²) in [6.45, 7) is 1.50. The smallest absolute Gasteiger partial charge is 0.340 e. The van der Waals surface area contributed by atoms with Crippen LogP contribution in [0.2, 0.25) is 0 Å². The van der Waals surface area contributed by atoms with Gasteiger partial charge in [0, 0.05) is 11.6 Å². The molecule has 0 aliphatic heterocycles. The highest BCUT2D eigenvalue weighted by atomic mass is 19.1. The molecule has 2 aromatic rings. The zero-order valence-corrected chi connectivity index (χ0v) is 10.0. The molecule has 0 bridgehead atoms. The minimum atomic E-state index is -0.832. The molecular weight excluding hydrogens is 254 g/mol. The lowest BCUT2D eigenvalue weighted by Gasteiger charge is -2.14. The first-order chi connectivity index (χ1) is 9.08. The van der Waals surface area contributed by atoms with Crippen LogP contribution in [0.4, 0.5) is 8.78 Å². The summed E-state index contributed by atoms with van der Waals surface area (Å²) in [5.41, 5.74) is 0.320. The molecule has 0 saturated carbocycles. The Kier molecular flexibility index (Phi) is 3.79. The Morgan fingerprint density at radius 2 is 2.05 bits per heavy atom. The number of hydrogen-bond donors (Lipinski definition) is 0. The molecule has 2 rings (SSSR count). The van der Waals surface area contributed by atoms with Crippen LogP contribution in [0.3, 0.4) is 0 Å². The highest BCUT2D eigenvalue weighted by molar-refractivity contribution is 5.88. The lowest BCUT2D eigenvalue weighted by atomic mass is 10.1. The number of esters is 1. The SMILES string of the molecule is C[C@H](OC(=O)c1ccnnc1)c1ccc(F)cc1F. The predicted octanol–water partition coefficient (Wildman–Crippen LogP) is 2.67. The number of carbonyl (C=O) groups is 1. The summed E-state index contributed by atoms with van der Waals surface area (Å²) in [6, 6.07) is 4.53. The quantitative estimate of drug-likeness (QED) is 0.800. The van der Waals surface area contributed by atoms with Crippen LogP contribution in [0.5, 0.6) is 0 Å². The third-order valence-electron chi connectivity index (χ3n) is 2.50. The van der Waals surface area contributed by atoms with Gasteiger partial charge in [0.25, 0.3) is 0 Å². The van der Waals surface area contributed by atoms with E-state index in [-0.39, 0.29) is 11.1 Å². The Hall–Kier alpha value is -2.37. The highest BCUT2D eigenvalue weighted by Crippen LogP contribution is 2.22. The first-order valence-corrected chi connectivity index (χ1v) is 5.50. The van der Waals surface area contributed by atoms with Gasteiger partial charge >= 0.3 is 5.97 Å². The number of rotatable bonds is 3. The van der Waals surface area contributed by atoms with Gasteiger partial charge in [-0.3, -0.25) is 0 Å². The number of ether oxygens (including phenoxy) is 1. The van der Waals surface area contributed by atoms with Gasteiger partial charge in [-0.05, 0) is 25.1 Å². The van der Waals surface area contributed by atoms with Gasteiger partial charge in [0.05, 0.1) is 18.0 Å². The number of benzene rings is 1. The second kappa shape index (κ2) is 5.51. The molecule has 0 unspecified atom stereocenters. The second-order valence-electron chi connectivity index (χ2n) is 3.84. The molecule has 4 nitrogen and oxygen atoms in total. The van der Waals surface area contributed by atoms with Crippen LogP contribution in [0.15, 0.2) is 36.7 Å². The predicted molar refractivity (Wildman–Crippen MR) is 62.2 cm³/mol. The van der Waals surface area contributed by atoms with Crippen LogP contribution in [0, 0.1) is 11.6 Å². The average Bonchev–Trinajstić information content (AvgIpc) is 2.39. The number of halogens is 2. The molecule has 0 N–H and O–H groups in total.